The van der Waals surface area contributed by atoms with E-state index in [0.717, 1.165) is 22.0 Å². The SMILES string of the molecule is CC(C)=CC(=O)c1cccc2[nH]ccc12. The maximum atomic E-state index is 11.9. The van der Waals surface area contributed by atoms with Crippen molar-refractivity contribution in [3.63, 3.8) is 0 Å². The molecule has 0 atom stereocenters. The van der Waals surface area contributed by atoms with Gasteiger partial charge in [0, 0.05) is 22.7 Å². The number of carbonyl (C=O) groups is 1. The second-order valence-electron chi connectivity index (χ2n) is 3.83. The number of allylic oxidation sites excluding steroid dienone is 2. The van der Waals surface area contributed by atoms with E-state index in [1.807, 2.05) is 44.3 Å². The first-order valence-corrected chi connectivity index (χ1v) is 4.94. The number of nitrogens with one attached hydrogen (secondary N) is 1. The Balaban J connectivity index is 2.56. The molecule has 1 N–H and O–H groups in total. The predicted molar refractivity (Wildman–Crippen MR) is 62.1 cm³/mol. The number of ketones is 1. The highest BCUT2D eigenvalue weighted by molar-refractivity contribution is 6.13. The number of hydrogen-bond donors (Lipinski definition) is 1. The molecule has 2 heteroatoms. The third kappa shape index (κ3) is 1.84. The van der Waals surface area contributed by atoms with E-state index in [4.69, 9.17) is 0 Å². The zero-order chi connectivity index (χ0) is 10.8. The van der Waals surface area contributed by atoms with Gasteiger partial charge in [-0.05, 0) is 32.1 Å². The van der Waals surface area contributed by atoms with Crippen LogP contribution in [0.1, 0.15) is 24.2 Å². The van der Waals surface area contributed by atoms with Gasteiger partial charge < -0.3 is 4.98 Å². The van der Waals surface area contributed by atoms with Crippen LogP contribution in [0.3, 0.4) is 0 Å². The summed E-state index contributed by atoms with van der Waals surface area (Å²) < 4.78 is 0. The monoisotopic (exact) mass is 199 g/mol. The van der Waals surface area contributed by atoms with Crippen molar-refractivity contribution in [3.8, 4) is 0 Å². The number of benzene rings is 1. The molecule has 0 fully saturated rings. The van der Waals surface area contributed by atoms with Crippen LogP contribution in [0.5, 0.6) is 0 Å². The van der Waals surface area contributed by atoms with Crippen LogP contribution in [0.15, 0.2) is 42.1 Å². The van der Waals surface area contributed by atoms with Gasteiger partial charge in [0.05, 0.1) is 0 Å². The van der Waals surface area contributed by atoms with Crippen molar-refractivity contribution in [3.05, 3.63) is 47.7 Å². The number of carbonyl (C=O) groups excluding carboxylic acids is 1. The molecule has 1 aromatic heterocycles. The molecular formula is C13H13NO. The molecule has 0 saturated carbocycles. The normalized spacial score (nSPS) is 10.3. The van der Waals surface area contributed by atoms with Crippen LogP contribution in [0.4, 0.5) is 0 Å². The van der Waals surface area contributed by atoms with E-state index in [0.29, 0.717) is 0 Å². The number of hydrogen-bond acceptors (Lipinski definition) is 1. The first kappa shape index (κ1) is 9.71. The van der Waals surface area contributed by atoms with Crippen LogP contribution in [-0.2, 0) is 0 Å². The molecule has 0 aliphatic heterocycles. The van der Waals surface area contributed by atoms with E-state index in [-0.39, 0.29) is 5.78 Å². The average Bonchev–Trinajstić information content (AvgIpc) is 2.63. The van der Waals surface area contributed by atoms with E-state index < -0.39 is 0 Å². The summed E-state index contributed by atoms with van der Waals surface area (Å²) in [5.41, 5.74) is 2.78. The lowest BCUT2D eigenvalue weighted by atomic mass is 10.0. The molecule has 0 aliphatic carbocycles. The van der Waals surface area contributed by atoms with Crippen molar-refractivity contribution in [1.29, 1.82) is 0 Å². The van der Waals surface area contributed by atoms with E-state index in [2.05, 4.69) is 4.98 Å². The summed E-state index contributed by atoms with van der Waals surface area (Å²) in [6.45, 7) is 3.85. The number of fused-ring (bicyclic) bond motifs is 1. The fourth-order valence-electron chi connectivity index (χ4n) is 1.64. The van der Waals surface area contributed by atoms with Crippen molar-refractivity contribution in [2.75, 3.05) is 0 Å². The van der Waals surface area contributed by atoms with Gasteiger partial charge >= 0.3 is 0 Å². The number of aromatic nitrogens is 1. The van der Waals surface area contributed by atoms with Gasteiger partial charge in [-0.25, -0.2) is 0 Å². The Morgan fingerprint density at radius 1 is 1.27 bits per heavy atom. The first-order chi connectivity index (χ1) is 7.18. The number of aromatic amines is 1. The highest BCUT2D eigenvalue weighted by atomic mass is 16.1. The summed E-state index contributed by atoms with van der Waals surface area (Å²) in [6, 6.07) is 7.65. The Kier molecular flexibility index (Phi) is 2.42. The summed E-state index contributed by atoms with van der Waals surface area (Å²) >= 11 is 0. The first-order valence-electron chi connectivity index (χ1n) is 4.94. The molecule has 2 rings (SSSR count). The molecule has 2 aromatic rings. The third-order valence-corrected chi connectivity index (χ3v) is 2.28. The van der Waals surface area contributed by atoms with E-state index in [1.54, 1.807) is 6.08 Å². The van der Waals surface area contributed by atoms with Crippen LogP contribution in [0.2, 0.25) is 0 Å². The molecule has 76 valence electrons. The molecule has 1 aromatic carbocycles. The molecule has 15 heavy (non-hydrogen) atoms. The van der Waals surface area contributed by atoms with Gasteiger partial charge in [0.25, 0.3) is 0 Å². The molecule has 0 spiro atoms. The molecular weight excluding hydrogens is 186 g/mol. The minimum Gasteiger partial charge on any atom is -0.361 e. The lowest BCUT2D eigenvalue weighted by Gasteiger charge is -1.98. The van der Waals surface area contributed by atoms with Crippen LogP contribution in [-0.4, -0.2) is 10.8 Å². The Morgan fingerprint density at radius 3 is 2.80 bits per heavy atom. The van der Waals surface area contributed by atoms with Gasteiger partial charge in [0.1, 0.15) is 0 Å². The predicted octanol–water partition coefficient (Wildman–Crippen LogP) is 3.32. The van der Waals surface area contributed by atoms with Crippen LogP contribution < -0.4 is 0 Å². The van der Waals surface area contributed by atoms with E-state index >= 15 is 0 Å². The Hall–Kier alpha value is -1.83. The van der Waals surface area contributed by atoms with Crippen LogP contribution in [0.25, 0.3) is 10.9 Å². The minimum absolute atomic E-state index is 0.0696. The van der Waals surface area contributed by atoms with Crippen molar-refractivity contribution >= 4 is 16.7 Å². The quantitative estimate of drug-likeness (QED) is 0.584. The van der Waals surface area contributed by atoms with Crippen molar-refractivity contribution in [2.24, 2.45) is 0 Å². The molecule has 0 aliphatic rings. The van der Waals surface area contributed by atoms with Crippen molar-refractivity contribution in [2.45, 2.75) is 13.8 Å². The van der Waals surface area contributed by atoms with Gasteiger partial charge in [-0.2, -0.15) is 0 Å². The van der Waals surface area contributed by atoms with Gasteiger partial charge in [-0.15, -0.1) is 0 Å². The summed E-state index contributed by atoms with van der Waals surface area (Å²) in [7, 11) is 0. The average molecular weight is 199 g/mol. The van der Waals surface area contributed by atoms with Gasteiger partial charge in [0.2, 0.25) is 0 Å². The van der Waals surface area contributed by atoms with Crippen molar-refractivity contribution in [1.82, 2.24) is 4.98 Å². The van der Waals surface area contributed by atoms with Crippen LogP contribution >= 0.6 is 0 Å². The Bertz CT molecular complexity index is 530. The molecule has 0 saturated heterocycles. The fourth-order valence-corrected chi connectivity index (χ4v) is 1.64. The minimum atomic E-state index is 0.0696. The number of H-pyrrole nitrogens is 1. The smallest absolute Gasteiger partial charge is 0.186 e. The van der Waals surface area contributed by atoms with Crippen molar-refractivity contribution < 1.29 is 4.79 Å². The number of rotatable bonds is 2. The standard InChI is InChI=1S/C13H13NO/c1-9(2)8-13(15)11-4-3-5-12-10(11)6-7-14-12/h3-8,14H,1-2H3. The summed E-state index contributed by atoms with van der Waals surface area (Å²) in [4.78, 5) is 15.0. The van der Waals surface area contributed by atoms with Gasteiger partial charge in [-0.3, -0.25) is 4.79 Å². The maximum Gasteiger partial charge on any atom is 0.186 e. The highest BCUT2D eigenvalue weighted by Gasteiger charge is 2.07. The van der Waals surface area contributed by atoms with E-state index in [9.17, 15) is 4.79 Å². The lowest BCUT2D eigenvalue weighted by Crippen LogP contribution is -1.95. The highest BCUT2D eigenvalue weighted by Crippen LogP contribution is 2.18. The summed E-state index contributed by atoms with van der Waals surface area (Å²) in [5.74, 6) is 0.0696. The zero-order valence-electron chi connectivity index (χ0n) is 8.87. The largest absolute Gasteiger partial charge is 0.361 e. The molecule has 2 nitrogen and oxygen atoms in total. The lowest BCUT2D eigenvalue weighted by molar-refractivity contribution is 0.104. The Morgan fingerprint density at radius 2 is 2.07 bits per heavy atom. The van der Waals surface area contributed by atoms with Crippen LogP contribution in [0, 0.1) is 0 Å². The topological polar surface area (TPSA) is 32.9 Å². The molecule has 0 unspecified atom stereocenters. The zero-order valence-corrected chi connectivity index (χ0v) is 8.87. The van der Waals surface area contributed by atoms with Gasteiger partial charge in [0.15, 0.2) is 5.78 Å². The maximum absolute atomic E-state index is 11.9. The second kappa shape index (κ2) is 3.73. The molecule has 1 heterocycles. The third-order valence-electron chi connectivity index (χ3n) is 2.28. The van der Waals surface area contributed by atoms with Gasteiger partial charge in [-0.1, -0.05) is 17.7 Å². The Labute approximate surface area is 88.6 Å². The van der Waals surface area contributed by atoms with E-state index in [1.165, 1.54) is 0 Å². The summed E-state index contributed by atoms with van der Waals surface area (Å²) in [5, 5.41) is 0.986. The fraction of sp³-hybridized carbons (Fsp3) is 0.154. The second-order valence-corrected chi connectivity index (χ2v) is 3.83. The molecule has 0 radical (unpaired) electrons. The summed E-state index contributed by atoms with van der Waals surface area (Å²) in [6.07, 6.45) is 3.52. The molecule has 0 amide bonds. The molecule has 0 bridgehead atoms.